The normalized spacial score (nSPS) is 11.0. The first-order chi connectivity index (χ1) is 12.2. The van der Waals surface area contributed by atoms with Crippen molar-refractivity contribution in [3.63, 3.8) is 0 Å². The summed E-state index contributed by atoms with van der Waals surface area (Å²) in [5.41, 5.74) is 4.77. The number of aromatic nitrogens is 2. The van der Waals surface area contributed by atoms with Gasteiger partial charge in [-0.3, -0.25) is 9.36 Å². The van der Waals surface area contributed by atoms with Gasteiger partial charge >= 0.3 is 0 Å². The maximum absolute atomic E-state index is 13.0. The molecule has 0 spiro atoms. The summed E-state index contributed by atoms with van der Waals surface area (Å²) in [5, 5.41) is 4.18. The average molecular weight is 329 g/mol. The Hall–Kier alpha value is -3.27. The van der Waals surface area contributed by atoms with Crippen LogP contribution >= 0.6 is 0 Å². The zero-order valence-electron chi connectivity index (χ0n) is 14.2. The standard InChI is InChI=1S/C21H19N3O/c1-22-18-9-7-15(8-10-18)17-13-20(23(2)14-17)21(25)24-12-11-16-5-3-4-6-19(16)24/h3-14,22H,1-2H3. The Balaban J connectivity index is 1.73. The number of hydrogen-bond donors (Lipinski definition) is 1. The van der Waals surface area contributed by atoms with Crippen molar-refractivity contribution >= 4 is 22.5 Å². The van der Waals surface area contributed by atoms with Crippen molar-refractivity contribution in [2.45, 2.75) is 0 Å². The topological polar surface area (TPSA) is 39.0 Å². The molecular formula is C21H19N3O. The maximum Gasteiger partial charge on any atom is 0.278 e. The van der Waals surface area contributed by atoms with Crippen LogP contribution in [0.2, 0.25) is 0 Å². The molecule has 0 radical (unpaired) electrons. The van der Waals surface area contributed by atoms with E-state index in [9.17, 15) is 4.79 Å². The van der Waals surface area contributed by atoms with Gasteiger partial charge in [-0.05, 0) is 35.9 Å². The van der Waals surface area contributed by atoms with Gasteiger partial charge in [0.05, 0.1) is 5.52 Å². The van der Waals surface area contributed by atoms with Gasteiger partial charge in [0.1, 0.15) is 5.69 Å². The Morgan fingerprint density at radius 2 is 1.72 bits per heavy atom. The van der Waals surface area contributed by atoms with Crippen LogP contribution in [-0.4, -0.2) is 22.1 Å². The highest BCUT2D eigenvalue weighted by Gasteiger charge is 2.16. The van der Waals surface area contributed by atoms with Crippen molar-refractivity contribution in [3.8, 4) is 11.1 Å². The Labute approximate surface area is 146 Å². The number of carbonyl (C=O) groups excluding carboxylic acids is 1. The van der Waals surface area contributed by atoms with E-state index in [0.717, 1.165) is 27.7 Å². The van der Waals surface area contributed by atoms with E-state index >= 15 is 0 Å². The Kier molecular flexibility index (Phi) is 3.65. The predicted molar refractivity (Wildman–Crippen MR) is 102 cm³/mol. The summed E-state index contributed by atoms with van der Waals surface area (Å²) < 4.78 is 3.59. The van der Waals surface area contributed by atoms with Crippen LogP contribution in [0.1, 0.15) is 10.5 Å². The van der Waals surface area contributed by atoms with E-state index in [0.29, 0.717) is 5.69 Å². The Morgan fingerprint density at radius 3 is 2.48 bits per heavy atom. The molecule has 0 unspecified atom stereocenters. The molecule has 2 aromatic carbocycles. The van der Waals surface area contributed by atoms with E-state index in [2.05, 4.69) is 17.4 Å². The Morgan fingerprint density at radius 1 is 0.960 bits per heavy atom. The lowest BCUT2D eigenvalue weighted by atomic mass is 10.1. The quantitative estimate of drug-likeness (QED) is 0.606. The zero-order valence-corrected chi connectivity index (χ0v) is 14.2. The monoisotopic (exact) mass is 329 g/mol. The fourth-order valence-electron chi connectivity index (χ4n) is 3.15. The molecule has 0 aliphatic heterocycles. The Bertz CT molecular complexity index is 1050. The smallest absolute Gasteiger partial charge is 0.278 e. The van der Waals surface area contributed by atoms with Crippen molar-refractivity contribution in [1.29, 1.82) is 0 Å². The SMILES string of the molecule is CNc1ccc(-c2cc(C(=O)n3ccc4ccccc43)n(C)c2)cc1. The van der Waals surface area contributed by atoms with E-state index in [1.165, 1.54) is 0 Å². The summed E-state index contributed by atoms with van der Waals surface area (Å²) in [6, 6.07) is 20.0. The van der Waals surface area contributed by atoms with Crippen molar-refractivity contribution in [2.24, 2.45) is 7.05 Å². The third-order valence-electron chi connectivity index (χ3n) is 4.55. The van der Waals surface area contributed by atoms with Crippen molar-refractivity contribution in [1.82, 2.24) is 9.13 Å². The molecule has 1 N–H and O–H groups in total. The number of para-hydroxylation sites is 1. The molecule has 0 bridgehead atoms. The second-order valence-corrected chi connectivity index (χ2v) is 6.10. The molecule has 0 fully saturated rings. The van der Waals surface area contributed by atoms with Gasteiger partial charge in [-0.25, -0.2) is 0 Å². The second-order valence-electron chi connectivity index (χ2n) is 6.10. The zero-order chi connectivity index (χ0) is 17.4. The van der Waals surface area contributed by atoms with E-state index in [1.807, 2.05) is 79.6 Å². The lowest BCUT2D eigenvalue weighted by molar-refractivity contribution is 0.0957. The first-order valence-corrected chi connectivity index (χ1v) is 8.23. The molecule has 0 saturated heterocycles. The summed E-state index contributed by atoms with van der Waals surface area (Å²) >= 11 is 0. The third kappa shape index (κ3) is 2.62. The van der Waals surface area contributed by atoms with E-state index in [-0.39, 0.29) is 5.91 Å². The fraction of sp³-hybridized carbons (Fsp3) is 0.0952. The lowest BCUT2D eigenvalue weighted by Gasteiger charge is -2.05. The van der Waals surface area contributed by atoms with Gasteiger partial charge in [-0.1, -0.05) is 30.3 Å². The highest BCUT2D eigenvalue weighted by atomic mass is 16.2. The highest BCUT2D eigenvalue weighted by molar-refractivity contribution is 6.02. The summed E-state index contributed by atoms with van der Waals surface area (Å²) in [5.74, 6) is -0.0261. The number of nitrogens with zero attached hydrogens (tertiary/aromatic N) is 2. The van der Waals surface area contributed by atoms with Crippen LogP contribution in [0.15, 0.2) is 73.1 Å². The van der Waals surface area contributed by atoms with Crippen molar-refractivity contribution < 1.29 is 4.79 Å². The lowest BCUT2D eigenvalue weighted by Crippen LogP contribution is -2.14. The minimum absolute atomic E-state index is 0.0261. The van der Waals surface area contributed by atoms with Crippen LogP contribution in [0.5, 0.6) is 0 Å². The van der Waals surface area contributed by atoms with Crippen molar-refractivity contribution in [2.75, 3.05) is 12.4 Å². The molecule has 0 aliphatic carbocycles. The largest absolute Gasteiger partial charge is 0.388 e. The number of benzene rings is 2. The maximum atomic E-state index is 13.0. The number of nitrogens with one attached hydrogen (secondary N) is 1. The number of rotatable bonds is 3. The molecule has 0 atom stereocenters. The van der Waals surface area contributed by atoms with Gasteiger partial charge < -0.3 is 9.88 Å². The molecule has 2 heterocycles. The fourth-order valence-corrected chi connectivity index (χ4v) is 3.15. The van der Waals surface area contributed by atoms with E-state index < -0.39 is 0 Å². The second kappa shape index (κ2) is 5.98. The molecular weight excluding hydrogens is 310 g/mol. The molecule has 4 rings (SSSR count). The van der Waals surface area contributed by atoms with Crippen LogP contribution in [0.4, 0.5) is 5.69 Å². The van der Waals surface area contributed by atoms with Crippen LogP contribution in [0.25, 0.3) is 22.0 Å². The molecule has 0 aliphatic rings. The molecule has 4 heteroatoms. The average Bonchev–Trinajstić information content (AvgIpc) is 3.25. The van der Waals surface area contributed by atoms with Gasteiger partial charge in [0, 0.05) is 43.1 Å². The summed E-state index contributed by atoms with van der Waals surface area (Å²) in [6.07, 6.45) is 3.83. The molecule has 0 saturated carbocycles. The van der Waals surface area contributed by atoms with Gasteiger partial charge in [-0.15, -0.1) is 0 Å². The predicted octanol–water partition coefficient (Wildman–Crippen LogP) is 4.38. The minimum atomic E-state index is -0.0261. The number of carbonyl (C=O) groups is 1. The van der Waals surface area contributed by atoms with Crippen LogP contribution in [0.3, 0.4) is 0 Å². The molecule has 25 heavy (non-hydrogen) atoms. The molecule has 124 valence electrons. The molecule has 4 aromatic rings. The van der Waals surface area contributed by atoms with E-state index in [1.54, 1.807) is 4.57 Å². The highest BCUT2D eigenvalue weighted by Crippen LogP contribution is 2.25. The first-order valence-electron chi connectivity index (χ1n) is 8.23. The number of anilines is 1. The summed E-state index contributed by atoms with van der Waals surface area (Å²) in [4.78, 5) is 13.0. The number of fused-ring (bicyclic) bond motifs is 1. The van der Waals surface area contributed by atoms with Crippen LogP contribution < -0.4 is 5.32 Å². The first kappa shape index (κ1) is 15.3. The van der Waals surface area contributed by atoms with Crippen LogP contribution in [0, 0.1) is 0 Å². The van der Waals surface area contributed by atoms with Gasteiger partial charge in [0.15, 0.2) is 0 Å². The van der Waals surface area contributed by atoms with Gasteiger partial charge in [-0.2, -0.15) is 0 Å². The molecule has 2 aromatic heterocycles. The number of aryl methyl sites for hydroxylation is 1. The van der Waals surface area contributed by atoms with E-state index in [4.69, 9.17) is 0 Å². The summed E-state index contributed by atoms with van der Waals surface area (Å²) in [6.45, 7) is 0. The van der Waals surface area contributed by atoms with Crippen molar-refractivity contribution in [3.05, 3.63) is 78.8 Å². The minimum Gasteiger partial charge on any atom is -0.388 e. The third-order valence-corrected chi connectivity index (χ3v) is 4.55. The van der Waals surface area contributed by atoms with Gasteiger partial charge in [0.2, 0.25) is 0 Å². The van der Waals surface area contributed by atoms with Crippen LogP contribution in [-0.2, 0) is 7.05 Å². The summed E-state index contributed by atoms with van der Waals surface area (Å²) in [7, 11) is 3.81. The molecule has 0 amide bonds. The number of hydrogen-bond acceptors (Lipinski definition) is 2. The molecule has 4 nitrogen and oxygen atoms in total. The van der Waals surface area contributed by atoms with Gasteiger partial charge in [0.25, 0.3) is 5.91 Å².